The Morgan fingerprint density at radius 3 is 2.61 bits per heavy atom. The molecule has 1 nitrogen and oxygen atoms in total. The zero-order valence-corrected chi connectivity index (χ0v) is 13.9. The molecule has 0 N–H and O–H groups in total. The van der Waals surface area contributed by atoms with Gasteiger partial charge in [0.2, 0.25) is 0 Å². The second kappa shape index (κ2) is 5.06. The molecule has 3 atom stereocenters. The predicted molar refractivity (Wildman–Crippen MR) is 92.5 cm³/mol. The highest BCUT2D eigenvalue weighted by molar-refractivity contribution is 5.90. The molecule has 0 aromatic heterocycles. The van der Waals surface area contributed by atoms with Gasteiger partial charge in [0.15, 0.2) is 0 Å². The maximum atomic E-state index is 12.9. The van der Waals surface area contributed by atoms with Crippen molar-refractivity contribution in [2.75, 3.05) is 0 Å². The van der Waals surface area contributed by atoms with Crippen LogP contribution in [0, 0.1) is 17.3 Å². The number of rotatable bonds is 1. The number of carbonyl (C=O) groups excluding carboxylic acids is 1. The molecule has 0 saturated heterocycles. The number of hydrogen-bond donors (Lipinski definition) is 0. The number of hydrogen-bond acceptors (Lipinski definition) is 1. The summed E-state index contributed by atoms with van der Waals surface area (Å²) >= 11 is 0. The lowest BCUT2D eigenvalue weighted by atomic mass is 9.63. The maximum absolute atomic E-state index is 12.9. The summed E-state index contributed by atoms with van der Waals surface area (Å²) < 4.78 is 0. The fourth-order valence-corrected chi connectivity index (χ4v) is 5.94. The van der Waals surface area contributed by atoms with Gasteiger partial charge in [-0.05, 0) is 66.5 Å². The third-order valence-corrected chi connectivity index (χ3v) is 7.23. The molecule has 1 aromatic rings. The predicted octanol–water partition coefficient (Wildman–Crippen LogP) is 4.98. The molecule has 3 unspecified atom stereocenters. The second-order valence-corrected chi connectivity index (χ2v) is 8.49. The van der Waals surface area contributed by atoms with Gasteiger partial charge in [-0.1, -0.05) is 49.6 Å². The van der Waals surface area contributed by atoms with Crippen molar-refractivity contribution in [3.8, 4) is 0 Å². The van der Waals surface area contributed by atoms with Gasteiger partial charge >= 0.3 is 0 Å². The average molecular weight is 306 g/mol. The van der Waals surface area contributed by atoms with E-state index in [1.54, 1.807) is 5.56 Å². The molecule has 0 aliphatic heterocycles. The van der Waals surface area contributed by atoms with Crippen molar-refractivity contribution in [2.45, 2.75) is 63.7 Å². The van der Waals surface area contributed by atoms with Crippen LogP contribution in [-0.2, 0) is 17.6 Å². The van der Waals surface area contributed by atoms with Crippen LogP contribution in [0.3, 0.4) is 0 Å². The molecule has 2 bridgehead atoms. The summed E-state index contributed by atoms with van der Waals surface area (Å²) in [5.41, 5.74) is 4.31. The molecule has 4 aliphatic carbocycles. The van der Waals surface area contributed by atoms with Gasteiger partial charge in [0.25, 0.3) is 0 Å². The summed E-state index contributed by atoms with van der Waals surface area (Å²) in [6.45, 7) is 0. The minimum Gasteiger partial charge on any atom is -0.299 e. The first kappa shape index (κ1) is 14.0. The summed E-state index contributed by atoms with van der Waals surface area (Å²) in [6, 6.07) is 7.07. The largest absolute Gasteiger partial charge is 0.299 e. The first-order valence-corrected chi connectivity index (χ1v) is 9.58. The molecular formula is C22H26O. The molecule has 0 radical (unpaired) electrons. The van der Waals surface area contributed by atoms with Crippen molar-refractivity contribution in [3.63, 3.8) is 0 Å². The second-order valence-electron chi connectivity index (χ2n) is 8.49. The number of benzene rings is 1. The van der Waals surface area contributed by atoms with Crippen LogP contribution in [0.1, 0.15) is 67.6 Å². The van der Waals surface area contributed by atoms with E-state index in [0.29, 0.717) is 24.0 Å². The SMILES string of the molecule is O=C1Cc2ccc(C3CCCCC3)cc2CC12CC1C=CC2C1. The van der Waals surface area contributed by atoms with Crippen LogP contribution in [0.5, 0.6) is 0 Å². The highest BCUT2D eigenvalue weighted by Gasteiger charge is 2.54. The van der Waals surface area contributed by atoms with E-state index in [0.717, 1.165) is 18.8 Å². The van der Waals surface area contributed by atoms with Crippen LogP contribution in [0.4, 0.5) is 0 Å². The Bertz CT molecular complexity index is 679. The molecule has 2 saturated carbocycles. The summed E-state index contributed by atoms with van der Waals surface area (Å²) in [6.07, 6.45) is 15.6. The lowest BCUT2D eigenvalue weighted by molar-refractivity contribution is -0.130. The highest BCUT2D eigenvalue weighted by Crippen LogP contribution is 2.56. The number of carbonyl (C=O) groups is 1. The van der Waals surface area contributed by atoms with Gasteiger partial charge in [-0.3, -0.25) is 4.79 Å². The van der Waals surface area contributed by atoms with Crippen LogP contribution >= 0.6 is 0 Å². The Kier molecular flexibility index (Phi) is 3.08. The fraction of sp³-hybridized carbons (Fsp3) is 0.591. The van der Waals surface area contributed by atoms with Crippen molar-refractivity contribution in [2.24, 2.45) is 17.3 Å². The van der Waals surface area contributed by atoms with Crippen LogP contribution in [0.15, 0.2) is 30.4 Å². The molecule has 5 rings (SSSR count). The van der Waals surface area contributed by atoms with Crippen LogP contribution in [-0.4, -0.2) is 5.78 Å². The van der Waals surface area contributed by atoms with Crippen molar-refractivity contribution < 1.29 is 4.79 Å². The van der Waals surface area contributed by atoms with E-state index in [1.807, 2.05) is 0 Å². The van der Waals surface area contributed by atoms with E-state index >= 15 is 0 Å². The Balaban J connectivity index is 1.49. The molecule has 1 spiro atoms. The van der Waals surface area contributed by atoms with Gasteiger partial charge < -0.3 is 0 Å². The highest BCUT2D eigenvalue weighted by atomic mass is 16.1. The van der Waals surface area contributed by atoms with Gasteiger partial charge in [-0.2, -0.15) is 0 Å². The topological polar surface area (TPSA) is 17.1 Å². The Morgan fingerprint density at radius 1 is 1.00 bits per heavy atom. The molecule has 0 heterocycles. The molecule has 4 aliphatic rings. The third kappa shape index (κ3) is 2.08. The van der Waals surface area contributed by atoms with Crippen LogP contribution in [0.25, 0.3) is 0 Å². The lowest BCUT2D eigenvalue weighted by Crippen LogP contribution is -2.41. The quantitative estimate of drug-likeness (QED) is 0.668. The summed E-state index contributed by atoms with van der Waals surface area (Å²) in [5.74, 6) is 2.48. The van der Waals surface area contributed by atoms with E-state index in [4.69, 9.17) is 0 Å². The van der Waals surface area contributed by atoms with Gasteiger partial charge in [0.05, 0.1) is 0 Å². The standard InChI is InChI=1S/C22H26O/c23-21-12-18-8-7-17(16-4-2-1-3-5-16)11-19(18)14-22(21)13-15-6-9-20(22)10-15/h6-9,11,15-16,20H,1-5,10,12-14H2. The van der Waals surface area contributed by atoms with Crippen molar-refractivity contribution >= 4 is 5.78 Å². The van der Waals surface area contributed by atoms with Gasteiger partial charge in [-0.25, -0.2) is 0 Å². The van der Waals surface area contributed by atoms with E-state index in [2.05, 4.69) is 30.4 Å². The van der Waals surface area contributed by atoms with Crippen molar-refractivity contribution in [1.29, 1.82) is 0 Å². The zero-order valence-electron chi connectivity index (χ0n) is 13.9. The zero-order chi connectivity index (χ0) is 15.4. The lowest BCUT2D eigenvalue weighted by Gasteiger charge is -2.39. The van der Waals surface area contributed by atoms with Gasteiger partial charge in [0, 0.05) is 11.8 Å². The van der Waals surface area contributed by atoms with E-state index in [1.165, 1.54) is 49.7 Å². The third-order valence-electron chi connectivity index (χ3n) is 7.23. The van der Waals surface area contributed by atoms with Crippen LogP contribution < -0.4 is 0 Å². The molecule has 1 heteroatoms. The number of fused-ring (bicyclic) bond motifs is 4. The number of ketones is 1. The first-order valence-electron chi connectivity index (χ1n) is 9.58. The first-order chi connectivity index (χ1) is 11.2. The Hall–Kier alpha value is -1.37. The van der Waals surface area contributed by atoms with E-state index in [9.17, 15) is 4.79 Å². The monoisotopic (exact) mass is 306 g/mol. The normalized spacial score (nSPS) is 35.9. The average Bonchev–Trinajstić information content (AvgIpc) is 3.18. The maximum Gasteiger partial charge on any atom is 0.144 e. The molecule has 2 fully saturated rings. The summed E-state index contributed by atoms with van der Waals surface area (Å²) in [4.78, 5) is 12.9. The molecule has 1 aromatic carbocycles. The molecule has 120 valence electrons. The van der Waals surface area contributed by atoms with Gasteiger partial charge in [0.1, 0.15) is 5.78 Å². The summed E-state index contributed by atoms with van der Waals surface area (Å²) in [7, 11) is 0. The Morgan fingerprint density at radius 2 is 1.87 bits per heavy atom. The minimum absolute atomic E-state index is 0.0440. The molecule has 0 amide bonds. The number of Topliss-reactive ketones (excluding diaryl/α,β-unsaturated/α-hetero) is 1. The number of allylic oxidation sites excluding steroid dienone is 2. The van der Waals surface area contributed by atoms with E-state index < -0.39 is 0 Å². The van der Waals surface area contributed by atoms with Crippen molar-refractivity contribution in [1.82, 2.24) is 0 Å². The van der Waals surface area contributed by atoms with Gasteiger partial charge in [-0.15, -0.1) is 0 Å². The minimum atomic E-state index is -0.0440. The van der Waals surface area contributed by atoms with Crippen LogP contribution in [0.2, 0.25) is 0 Å². The molecular weight excluding hydrogens is 280 g/mol. The molecule has 23 heavy (non-hydrogen) atoms. The van der Waals surface area contributed by atoms with E-state index in [-0.39, 0.29) is 5.41 Å². The fourth-order valence-electron chi connectivity index (χ4n) is 5.94. The summed E-state index contributed by atoms with van der Waals surface area (Å²) in [5, 5.41) is 0. The smallest absolute Gasteiger partial charge is 0.144 e. The Labute approximate surface area is 139 Å². The van der Waals surface area contributed by atoms with Crippen molar-refractivity contribution in [3.05, 3.63) is 47.0 Å².